The maximum atomic E-state index is 13.0. The Morgan fingerprint density at radius 1 is 1.29 bits per heavy atom. The molecule has 0 fully saturated rings. The van der Waals surface area contributed by atoms with E-state index in [0.717, 1.165) is 6.07 Å². The molecule has 0 spiro atoms. The first-order valence-corrected chi connectivity index (χ1v) is 5.67. The number of amides is 1. The van der Waals surface area contributed by atoms with E-state index in [1.165, 1.54) is 0 Å². The summed E-state index contributed by atoms with van der Waals surface area (Å²) in [5, 5.41) is 6.38. The summed E-state index contributed by atoms with van der Waals surface area (Å²) in [5.74, 6) is -2.70. The average Bonchev–Trinajstić information content (AvgIpc) is 2.15. The molecule has 94 valence electrons. The second-order valence-electron chi connectivity index (χ2n) is 3.01. The number of hydrogen-bond donors (Lipinski definition) is 2. The number of hydrogen-bond acceptors (Lipinski definition) is 3. The van der Waals surface area contributed by atoms with Gasteiger partial charge in [-0.2, -0.15) is 8.78 Å². The highest BCUT2D eigenvalue weighted by molar-refractivity contribution is 7.89. The maximum absolute atomic E-state index is 13.0. The van der Waals surface area contributed by atoms with E-state index < -0.39 is 38.8 Å². The van der Waals surface area contributed by atoms with Gasteiger partial charge in [0.2, 0.25) is 10.0 Å². The number of carbonyl (C=O) groups excluding carboxylic acids is 1. The van der Waals surface area contributed by atoms with E-state index >= 15 is 0 Å². The molecular formula is C8H7F3N2O3S. The molecule has 0 unspecified atom stereocenters. The van der Waals surface area contributed by atoms with E-state index in [9.17, 15) is 26.4 Å². The smallest absolute Gasteiger partial charge is 0.315 e. The Morgan fingerprint density at radius 3 is 2.35 bits per heavy atom. The summed E-state index contributed by atoms with van der Waals surface area (Å²) in [6, 6.07) is 2.07. The lowest BCUT2D eigenvalue weighted by atomic mass is 10.3. The zero-order valence-electron chi connectivity index (χ0n) is 8.15. The summed E-state index contributed by atoms with van der Waals surface area (Å²) in [5.41, 5.74) is -0.417. The van der Waals surface area contributed by atoms with E-state index in [0.29, 0.717) is 12.1 Å². The zero-order valence-corrected chi connectivity index (χ0v) is 8.97. The van der Waals surface area contributed by atoms with Crippen LogP contribution >= 0.6 is 0 Å². The Hall–Kier alpha value is -1.61. The minimum Gasteiger partial charge on any atom is -0.321 e. The third kappa shape index (κ3) is 3.71. The Morgan fingerprint density at radius 2 is 1.88 bits per heavy atom. The van der Waals surface area contributed by atoms with E-state index in [4.69, 9.17) is 5.14 Å². The van der Waals surface area contributed by atoms with Gasteiger partial charge in [-0.1, -0.05) is 0 Å². The van der Waals surface area contributed by atoms with Crippen molar-refractivity contribution >= 4 is 21.6 Å². The molecule has 0 saturated carbocycles. The molecule has 9 heteroatoms. The third-order valence-electron chi connectivity index (χ3n) is 1.67. The van der Waals surface area contributed by atoms with E-state index in [1.807, 2.05) is 0 Å². The van der Waals surface area contributed by atoms with Gasteiger partial charge in [0.1, 0.15) is 5.82 Å². The molecule has 0 aliphatic carbocycles. The Bertz CT molecular complexity index is 545. The zero-order chi connectivity index (χ0) is 13.2. The van der Waals surface area contributed by atoms with Gasteiger partial charge < -0.3 is 5.32 Å². The summed E-state index contributed by atoms with van der Waals surface area (Å²) in [6.07, 6.45) is -3.30. The molecule has 0 bridgehead atoms. The van der Waals surface area contributed by atoms with Crippen molar-refractivity contribution in [3.05, 3.63) is 24.0 Å². The van der Waals surface area contributed by atoms with Crippen molar-refractivity contribution in [3.63, 3.8) is 0 Å². The average molecular weight is 268 g/mol. The molecule has 0 aliphatic heterocycles. The molecule has 5 nitrogen and oxygen atoms in total. The summed E-state index contributed by atoms with van der Waals surface area (Å²) >= 11 is 0. The van der Waals surface area contributed by atoms with Crippen molar-refractivity contribution in [2.75, 3.05) is 5.32 Å². The molecule has 1 aromatic carbocycles. The minimum absolute atomic E-state index is 0.417. The number of nitrogens with two attached hydrogens (primary N) is 1. The van der Waals surface area contributed by atoms with E-state index in [2.05, 4.69) is 0 Å². The number of halogens is 3. The highest BCUT2D eigenvalue weighted by Gasteiger charge is 2.17. The molecule has 0 heterocycles. The number of sulfonamides is 1. The topological polar surface area (TPSA) is 89.3 Å². The monoisotopic (exact) mass is 268 g/mol. The summed E-state index contributed by atoms with van der Waals surface area (Å²) in [6.45, 7) is 0. The normalized spacial score (nSPS) is 11.6. The first kappa shape index (κ1) is 13.5. The van der Waals surface area contributed by atoms with Crippen LogP contribution < -0.4 is 10.5 Å². The Labute approximate surface area is 94.5 Å². The fourth-order valence-electron chi connectivity index (χ4n) is 0.996. The lowest BCUT2D eigenvalue weighted by Crippen LogP contribution is -2.20. The van der Waals surface area contributed by atoms with E-state index in [1.54, 1.807) is 5.32 Å². The first-order valence-electron chi connectivity index (χ1n) is 4.12. The number of rotatable bonds is 3. The quantitative estimate of drug-likeness (QED) is 0.844. The Kier molecular flexibility index (Phi) is 3.73. The van der Waals surface area contributed by atoms with Crippen LogP contribution in [-0.2, 0) is 14.8 Å². The van der Waals surface area contributed by atoms with E-state index in [-0.39, 0.29) is 0 Å². The molecule has 0 saturated heterocycles. The van der Waals surface area contributed by atoms with Crippen LogP contribution in [0, 0.1) is 5.82 Å². The predicted octanol–water partition coefficient (Wildman–Crippen LogP) is 0.677. The van der Waals surface area contributed by atoms with Crippen molar-refractivity contribution in [2.45, 2.75) is 11.3 Å². The second-order valence-corrected chi connectivity index (χ2v) is 4.57. The lowest BCUT2D eigenvalue weighted by molar-refractivity contribution is -0.126. The van der Waals surface area contributed by atoms with Crippen LogP contribution in [0.3, 0.4) is 0 Å². The SMILES string of the molecule is NS(=O)(=O)c1cc(F)cc(NC(=O)C(F)F)c1. The van der Waals surface area contributed by atoms with Crippen molar-refractivity contribution in [2.24, 2.45) is 5.14 Å². The fraction of sp³-hybridized carbons (Fsp3) is 0.125. The van der Waals surface area contributed by atoms with Gasteiger partial charge in [-0.3, -0.25) is 4.79 Å². The number of anilines is 1. The number of benzene rings is 1. The first-order chi connectivity index (χ1) is 7.70. The van der Waals surface area contributed by atoms with Gasteiger partial charge in [-0.25, -0.2) is 17.9 Å². The van der Waals surface area contributed by atoms with Gasteiger partial charge in [0.25, 0.3) is 5.91 Å². The standard InChI is InChI=1S/C8H7F3N2O3S/c9-4-1-5(13-8(14)7(10)11)3-6(2-4)17(12,15)16/h1-3,7H,(H,13,14)(H2,12,15,16). The molecule has 3 N–H and O–H groups in total. The van der Waals surface area contributed by atoms with Crippen LogP contribution in [0.2, 0.25) is 0 Å². The van der Waals surface area contributed by atoms with Gasteiger partial charge in [0, 0.05) is 5.69 Å². The molecule has 1 rings (SSSR count). The molecule has 1 aromatic rings. The molecule has 0 radical (unpaired) electrons. The van der Waals surface area contributed by atoms with Gasteiger partial charge in [0.05, 0.1) is 4.90 Å². The maximum Gasteiger partial charge on any atom is 0.315 e. The number of primary sulfonamides is 1. The van der Waals surface area contributed by atoms with Crippen LogP contribution in [0.4, 0.5) is 18.9 Å². The molecule has 1 amide bonds. The van der Waals surface area contributed by atoms with Gasteiger partial charge in [-0.05, 0) is 18.2 Å². The van der Waals surface area contributed by atoms with Crippen molar-refractivity contribution in [1.82, 2.24) is 0 Å². The van der Waals surface area contributed by atoms with Crippen LogP contribution in [0.1, 0.15) is 0 Å². The van der Waals surface area contributed by atoms with Crippen LogP contribution in [0.15, 0.2) is 23.1 Å². The Balaban J connectivity index is 3.11. The summed E-state index contributed by atoms with van der Waals surface area (Å²) in [4.78, 5) is 10.00. The van der Waals surface area contributed by atoms with Crippen molar-refractivity contribution < 1.29 is 26.4 Å². The lowest BCUT2D eigenvalue weighted by Gasteiger charge is -2.06. The second kappa shape index (κ2) is 4.72. The van der Waals surface area contributed by atoms with Crippen molar-refractivity contribution in [1.29, 1.82) is 0 Å². The summed E-state index contributed by atoms with van der Waals surface area (Å²) < 4.78 is 58.6. The molecule has 0 aromatic heterocycles. The summed E-state index contributed by atoms with van der Waals surface area (Å²) in [7, 11) is -4.18. The minimum atomic E-state index is -4.18. The molecular weight excluding hydrogens is 261 g/mol. The molecule has 0 atom stereocenters. The predicted molar refractivity (Wildman–Crippen MR) is 52.4 cm³/mol. The van der Waals surface area contributed by atoms with Gasteiger partial charge in [-0.15, -0.1) is 0 Å². The number of alkyl halides is 2. The van der Waals surface area contributed by atoms with Crippen molar-refractivity contribution in [3.8, 4) is 0 Å². The molecule has 0 aliphatic rings. The van der Waals surface area contributed by atoms with Crippen LogP contribution in [-0.4, -0.2) is 20.8 Å². The fourth-order valence-corrected chi connectivity index (χ4v) is 1.56. The number of nitrogens with one attached hydrogen (secondary N) is 1. The largest absolute Gasteiger partial charge is 0.321 e. The van der Waals surface area contributed by atoms with Crippen LogP contribution in [0.5, 0.6) is 0 Å². The highest BCUT2D eigenvalue weighted by Crippen LogP contribution is 2.17. The third-order valence-corrected chi connectivity index (χ3v) is 2.56. The van der Waals surface area contributed by atoms with Gasteiger partial charge >= 0.3 is 6.43 Å². The number of carbonyl (C=O) groups is 1. The highest BCUT2D eigenvalue weighted by atomic mass is 32.2. The molecule has 17 heavy (non-hydrogen) atoms. The van der Waals surface area contributed by atoms with Gasteiger partial charge in [0.15, 0.2) is 0 Å². The van der Waals surface area contributed by atoms with Crippen LogP contribution in [0.25, 0.3) is 0 Å².